The number of hydrogen-bond donors (Lipinski definition) is 3. The number of amides is 1. The van der Waals surface area contributed by atoms with Gasteiger partial charge >= 0.3 is 0 Å². The largest absolute Gasteiger partial charge is 0.372 e. The number of carbonyl (C=O) groups is 1. The van der Waals surface area contributed by atoms with E-state index in [0.29, 0.717) is 17.3 Å². The van der Waals surface area contributed by atoms with E-state index < -0.39 is 0 Å². The normalized spacial score (nSPS) is 10.0. The highest BCUT2D eigenvalue weighted by atomic mass is 16.2. The lowest BCUT2D eigenvalue weighted by atomic mass is 10.4. The van der Waals surface area contributed by atoms with Gasteiger partial charge in [0.15, 0.2) is 5.82 Å². The first-order valence-electron chi connectivity index (χ1n) is 5.02. The zero-order valence-corrected chi connectivity index (χ0v) is 9.48. The van der Waals surface area contributed by atoms with Crippen LogP contribution in [0.3, 0.4) is 0 Å². The highest BCUT2D eigenvalue weighted by Gasteiger charge is 2.10. The van der Waals surface area contributed by atoms with Gasteiger partial charge in [-0.25, -0.2) is 4.98 Å². The van der Waals surface area contributed by atoms with Crippen molar-refractivity contribution in [2.45, 2.75) is 6.92 Å². The number of H-pyrrole nitrogens is 1. The molecule has 1 amide bonds. The van der Waals surface area contributed by atoms with Crippen molar-refractivity contribution in [1.82, 2.24) is 20.2 Å². The highest BCUT2D eigenvalue weighted by Crippen LogP contribution is 2.07. The number of rotatable bonds is 3. The maximum Gasteiger partial charge on any atom is 0.274 e. The van der Waals surface area contributed by atoms with Gasteiger partial charge < -0.3 is 10.6 Å². The summed E-state index contributed by atoms with van der Waals surface area (Å²) in [5.74, 6) is 0.708. The maximum absolute atomic E-state index is 11.8. The molecular weight excluding hydrogens is 220 g/mol. The average Bonchev–Trinajstić information content (AvgIpc) is 2.77. The fraction of sp³-hybridized carbons (Fsp3) is 0.200. The lowest BCUT2D eigenvalue weighted by Crippen LogP contribution is -2.13. The van der Waals surface area contributed by atoms with Crippen LogP contribution in [0.5, 0.6) is 0 Å². The molecule has 3 N–H and O–H groups in total. The lowest BCUT2D eigenvalue weighted by Gasteiger charge is -2.01. The van der Waals surface area contributed by atoms with E-state index in [2.05, 4.69) is 30.8 Å². The molecule has 0 saturated carbocycles. The molecule has 0 unspecified atom stereocenters. The Bertz CT molecular complexity index is 535. The van der Waals surface area contributed by atoms with Crippen molar-refractivity contribution in [2.24, 2.45) is 0 Å². The van der Waals surface area contributed by atoms with Gasteiger partial charge in [-0.15, -0.1) is 0 Å². The first-order chi connectivity index (χ1) is 8.19. The molecule has 2 aromatic heterocycles. The molecule has 0 aliphatic carbocycles. The Morgan fingerprint density at radius 1 is 1.35 bits per heavy atom. The molecule has 0 fully saturated rings. The van der Waals surface area contributed by atoms with Crippen molar-refractivity contribution >= 4 is 17.5 Å². The van der Waals surface area contributed by atoms with Crippen LogP contribution < -0.4 is 10.6 Å². The number of hydrogen-bond acceptors (Lipinski definition) is 5. The number of nitrogens with one attached hydrogen (secondary N) is 3. The quantitative estimate of drug-likeness (QED) is 0.727. The van der Waals surface area contributed by atoms with Crippen LogP contribution in [0.4, 0.5) is 11.6 Å². The van der Waals surface area contributed by atoms with E-state index in [1.165, 1.54) is 6.20 Å². The standard InChI is InChI=1S/C10H12N6O/c1-6-4-12-5-9(13-6)14-10(17)7-3-8(11-2)16-15-7/h3-5H,1-2H3,(H2,11,15,16)(H,13,14,17). The molecule has 0 bridgehead atoms. The summed E-state index contributed by atoms with van der Waals surface area (Å²) in [4.78, 5) is 19.8. The number of nitrogens with zero attached hydrogens (tertiary/aromatic N) is 3. The lowest BCUT2D eigenvalue weighted by molar-refractivity contribution is 0.102. The van der Waals surface area contributed by atoms with E-state index in [4.69, 9.17) is 0 Å². The number of anilines is 2. The van der Waals surface area contributed by atoms with Gasteiger partial charge in [-0.1, -0.05) is 0 Å². The number of aryl methyl sites for hydroxylation is 1. The zero-order valence-electron chi connectivity index (χ0n) is 9.48. The minimum absolute atomic E-state index is 0.307. The first-order valence-corrected chi connectivity index (χ1v) is 5.02. The summed E-state index contributed by atoms with van der Waals surface area (Å²) in [6.07, 6.45) is 3.10. The van der Waals surface area contributed by atoms with Crippen LogP contribution in [0.2, 0.25) is 0 Å². The Kier molecular flexibility index (Phi) is 2.99. The third-order valence-corrected chi connectivity index (χ3v) is 2.08. The minimum atomic E-state index is -0.307. The molecule has 2 heterocycles. The van der Waals surface area contributed by atoms with Gasteiger partial charge in [-0.3, -0.25) is 14.9 Å². The van der Waals surface area contributed by atoms with Gasteiger partial charge in [0.25, 0.3) is 5.91 Å². The summed E-state index contributed by atoms with van der Waals surface area (Å²) in [6, 6.07) is 1.61. The van der Waals surface area contributed by atoms with Crippen molar-refractivity contribution < 1.29 is 4.79 Å². The summed E-state index contributed by atoms with van der Waals surface area (Å²) in [7, 11) is 1.73. The van der Waals surface area contributed by atoms with Gasteiger partial charge in [0.2, 0.25) is 0 Å². The molecule has 2 rings (SSSR count). The minimum Gasteiger partial charge on any atom is -0.372 e. The van der Waals surface area contributed by atoms with Crippen LogP contribution in [-0.2, 0) is 0 Å². The van der Waals surface area contributed by atoms with Crippen LogP contribution in [0.15, 0.2) is 18.5 Å². The van der Waals surface area contributed by atoms with Gasteiger partial charge in [-0.05, 0) is 6.92 Å². The molecule has 0 radical (unpaired) electrons. The van der Waals surface area contributed by atoms with E-state index >= 15 is 0 Å². The molecule has 0 aromatic carbocycles. The van der Waals surface area contributed by atoms with Crippen LogP contribution in [0.25, 0.3) is 0 Å². The average molecular weight is 232 g/mol. The molecule has 0 aliphatic heterocycles. The molecule has 0 aliphatic rings. The van der Waals surface area contributed by atoms with Crippen molar-refractivity contribution in [3.05, 3.63) is 29.8 Å². The monoisotopic (exact) mass is 232 g/mol. The van der Waals surface area contributed by atoms with Gasteiger partial charge in [-0.2, -0.15) is 5.10 Å². The number of carbonyl (C=O) groups excluding carboxylic acids is 1. The Balaban J connectivity index is 2.11. The molecule has 7 nitrogen and oxygen atoms in total. The van der Waals surface area contributed by atoms with Gasteiger partial charge in [0, 0.05) is 19.3 Å². The van der Waals surface area contributed by atoms with E-state index in [9.17, 15) is 4.79 Å². The first kappa shape index (κ1) is 11.1. The molecule has 0 spiro atoms. The third-order valence-electron chi connectivity index (χ3n) is 2.08. The smallest absolute Gasteiger partial charge is 0.274 e. The Morgan fingerprint density at radius 2 is 2.18 bits per heavy atom. The fourth-order valence-electron chi connectivity index (χ4n) is 1.27. The van der Waals surface area contributed by atoms with Crippen molar-refractivity contribution in [1.29, 1.82) is 0 Å². The topological polar surface area (TPSA) is 95.6 Å². The van der Waals surface area contributed by atoms with Crippen LogP contribution in [0, 0.1) is 6.92 Å². The molecular formula is C10H12N6O. The van der Waals surface area contributed by atoms with Gasteiger partial charge in [0.05, 0.1) is 11.9 Å². The second-order valence-electron chi connectivity index (χ2n) is 3.42. The van der Waals surface area contributed by atoms with E-state index in [1.807, 2.05) is 0 Å². The third kappa shape index (κ3) is 2.57. The summed E-state index contributed by atoms with van der Waals surface area (Å²) >= 11 is 0. The van der Waals surface area contributed by atoms with E-state index in [0.717, 1.165) is 5.69 Å². The zero-order chi connectivity index (χ0) is 12.3. The SMILES string of the molecule is CNc1cc(C(=O)Nc2cncc(C)n2)[nH]n1. The molecule has 88 valence electrons. The Labute approximate surface area is 97.7 Å². The molecule has 2 aromatic rings. The van der Waals surface area contributed by atoms with Gasteiger partial charge in [0.1, 0.15) is 11.5 Å². The fourth-order valence-corrected chi connectivity index (χ4v) is 1.27. The summed E-state index contributed by atoms with van der Waals surface area (Å²) < 4.78 is 0. The maximum atomic E-state index is 11.8. The molecule has 0 saturated heterocycles. The van der Waals surface area contributed by atoms with Crippen LogP contribution in [-0.4, -0.2) is 33.1 Å². The Hall–Kier alpha value is -2.44. The van der Waals surface area contributed by atoms with E-state index in [-0.39, 0.29) is 5.91 Å². The number of aromatic nitrogens is 4. The Morgan fingerprint density at radius 3 is 2.82 bits per heavy atom. The number of aromatic amines is 1. The second kappa shape index (κ2) is 4.60. The highest BCUT2D eigenvalue weighted by molar-refractivity contribution is 6.02. The molecule has 0 atom stereocenters. The molecule has 17 heavy (non-hydrogen) atoms. The second-order valence-corrected chi connectivity index (χ2v) is 3.42. The predicted molar refractivity (Wildman–Crippen MR) is 62.9 cm³/mol. The van der Waals surface area contributed by atoms with Crippen LogP contribution >= 0.6 is 0 Å². The summed E-state index contributed by atoms with van der Waals surface area (Å²) in [6.45, 7) is 1.80. The summed E-state index contributed by atoms with van der Waals surface area (Å²) in [5.41, 5.74) is 1.10. The van der Waals surface area contributed by atoms with Crippen LogP contribution in [0.1, 0.15) is 16.2 Å². The van der Waals surface area contributed by atoms with Crippen molar-refractivity contribution in [3.8, 4) is 0 Å². The van der Waals surface area contributed by atoms with Crippen molar-refractivity contribution in [3.63, 3.8) is 0 Å². The van der Waals surface area contributed by atoms with Crippen molar-refractivity contribution in [2.75, 3.05) is 17.7 Å². The van der Waals surface area contributed by atoms with E-state index in [1.54, 1.807) is 26.2 Å². The summed E-state index contributed by atoms with van der Waals surface area (Å²) in [5, 5.41) is 12.0. The molecule has 7 heteroatoms. The predicted octanol–water partition coefficient (Wildman–Crippen LogP) is 0.802.